The molecule has 2 heterocycles. The Labute approximate surface area is 168 Å². The molecule has 0 spiro atoms. The lowest BCUT2D eigenvalue weighted by Crippen LogP contribution is -2.55. The van der Waals surface area contributed by atoms with Crippen LogP contribution in [-0.4, -0.2) is 97.0 Å². The molecule has 0 aromatic rings. The van der Waals surface area contributed by atoms with Crippen LogP contribution < -0.4 is 5.32 Å². The molecule has 2 atom stereocenters. The molecular formula is C20H36N4O4. The molecule has 2 fully saturated rings. The van der Waals surface area contributed by atoms with Gasteiger partial charge in [-0.25, -0.2) is 4.79 Å². The van der Waals surface area contributed by atoms with Gasteiger partial charge < -0.3 is 15.0 Å². The lowest BCUT2D eigenvalue weighted by Gasteiger charge is -2.38. The van der Waals surface area contributed by atoms with E-state index in [1.54, 1.807) is 11.8 Å². The normalized spacial score (nSPS) is 22.5. The van der Waals surface area contributed by atoms with Crippen LogP contribution in [0.1, 0.15) is 46.5 Å². The molecule has 2 amide bonds. The topological polar surface area (TPSA) is 82.2 Å². The molecule has 2 aliphatic rings. The lowest BCUT2D eigenvalue weighted by atomic mass is 10.0. The SMILES string of the molecule is CCOC(=O)C1CCCCN1C(=O)CN1CCN(CC(=O)NC(C)CC)CC1. The van der Waals surface area contributed by atoms with Crippen LogP contribution in [0.15, 0.2) is 0 Å². The highest BCUT2D eigenvalue weighted by Gasteiger charge is 2.34. The van der Waals surface area contributed by atoms with Crippen LogP contribution in [0.5, 0.6) is 0 Å². The summed E-state index contributed by atoms with van der Waals surface area (Å²) in [6.07, 6.45) is 3.49. The molecule has 0 aromatic heterocycles. The van der Waals surface area contributed by atoms with Crippen molar-refractivity contribution in [1.29, 1.82) is 0 Å². The number of piperazine rings is 1. The number of ether oxygens (including phenoxy) is 1. The first-order valence-corrected chi connectivity index (χ1v) is 10.6. The van der Waals surface area contributed by atoms with Crippen LogP contribution in [0.3, 0.4) is 0 Å². The molecule has 0 radical (unpaired) electrons. The Morgan fingerprint density at radius 1 is 1.00 bits per heavy atom. The number of nitrogens with one attached hydrogen (secondary N) is 1. The Hall–Kier alpha value is -1.67. The van der Waals surface area contributed by atoms with Crippen LogP contribution in [0, 0.1) is 0 Å². The summed E-state index contributed by atoms with van der Waals surface area (Å²) in [4.78, 5) is 42.9. The molecule has 2 aliphatic heterocycles. The highest BCUT2D eigenvalue weighted by molar-refractivity contribution is 5.85. The van der Waals surface area contributed by atoms with E-state index in [4.69, 9.17) is 4.74 Å². The number of hydrogen-bond donors (Lipinski definition) is 1. The van der Waals surface area contributed by atoms with E-state index in [9.17, 15) is 14.4 Å². The molecule has 1 N–H and O–H groups in total. The van der Waals surface area contributed by atoms with Crippen molar-refractivity contribution in [3.05, 3.63) is 0 Å². The number of carbonyl (C=O) groups excluding carboxylic acids is 3. The predicted octanol–water partition coefficient (Wildman–Crippen LogP) is 0.463. The zero-order valence-corrected chi connectivity index (χ0v) is 17.6. The number of esters is 1. The van der Waals surface area contributed by atoms with E-state index < -0.39 is 6.04 Å². The van der Waals surface area contributed by atoms with E-state index in [0.29, 0.717) is 32.7 Å². The van der Waals surface area contributed by atoms with Crippen molar-refractivity contribution >= 4 is 17.8 Å². The van der Waals surface area contributed by atoms with Gasteiger partial charge >= 0.3 is 5.97 Å². The fourth-order valence-corrected chi connectivity index (χ4v) is 3.73. The van der Waals surface area contributed by atoms with Gasteiger partial charge in [-0.05, 0) is 39.5 Å². The highest BCUT2D eigenvalue weighted by Crippen LogP contribution is 2.19. The first-order valence-electron chi connectivity index (χ1n) is 10.6. The van der Waals surface area contributed by atoms with Crippen molar-refractivity contribution in [2.24, 2.45) is 0 Å². The minimum Gasteiger partial charge on any atom is -0.464 e. The minimum absolute atomic E-state index is 0.000664. The van der Waals surface area contributed by atoms with E-state index >= 15 is 0 Å². The number of nitrogens with zero attached hydrogens (tertiary/aromatic N) is 3. The van der Waals surface area contributed by atoms with Gasteiger partial charge in [0.2, 0.25) is 11.8 Å². The minimum atomic E-state index is -0.438. The maximum Gasteiger partial charge on any atom is 0.328 e. The molecule has 2 unspecified atom stereocenters. The van der Waals surface area contributed by atoms with Crippen molar-refractivity contribution in [1.82, 2.24) is 20.0 Å². The number of carbonyl (C=O) groups is 3. The molecule has 2 saturated heterocycles. The van der Waals surface area contributed by atoms with E-state index in [-0.39, 0.29) is 23.8 Å². The van der Waals surface area contributed by atoms with Gasteiger partial charge in [0.05, 0.1) is 19.7 Å². The molecule has 0 aliphatic carbocycles. The van der Waals surface area contributed by atoms with Crippen molar-refractivity contribution in [2.75, 3.05) is 52.4 Å². The maximum absolute atomic E-state index is 12.8. The summed E-state index contributed by atoms with van der Waals surface area (Å²) in [5.41, 5.74) is 0. The average molecular weight is 397 g/mol. The van der Waals surface area contributed by atoms with Gasteiger partial charge in [-0.3, -0.25) is 19.4 Å². The second-order valence-corrected chi connectivity index (χ2v) is 7.78. The Morgan fingerprint density at radius 3 is 2.25 bits per heavy atom. The van der Waals surface area contributed by atoms with Gasteiger partial charge in [0.25, 0.3) is 0 Å². The number of piperidine rings is 1. The second-order valence-electron chi connectivity index (χ2n) is 7.78. The summed E-state index contributed by atoms with van der Waals surface area (Å²) in [6.45, 7) is 10.6. The molecule has 8 nitrogen and oxygen atoms in total. The largest absolute Gasteiger partial charge is 0.464 e. The number of rotatable bonds is 8. The van der Waals surface area contributed by atoms with Gasteiger partial charge in [-0.1, -0.05) is 6.92 Å². The van der Waals surface area contributed by atoms with Crippen molar-refractivity contribution in [3.63, 3.8) is 0 Å². The first kappa shape index (κ1) is 22.6. The Morgan fingerprint density at radius 2 is 1.64 bits per heavy atom. The van der Waals surface area contributed by atoms with E-state index in [2.05, 4.69) is 22.0 Å². The quantitative estimate of drug-likeness (QED) is 0.601. The van der Waals surface area contributed by atoms with Gasteiger partial charge in [0.1, 0.15) is 6.04 Å². The third-order valence-corrected chi connectivity index (χ3v) is 5.59. The number of likely N-dealkylation sites (tertiary alicyclic amines) is 1. The van der Waals surface area contributed by atoms with Crippen LogP contribution in [0.2, 0.25) is 0 Å². The summed E-state index contributed by atoms with van der Waals surface area (Å²) in [5.74, 6) is -0.224. The van der Waals surface area contributed by atoms with Crippen molar-refractivity contribution in [2.45, 2.75) is 58.5 Å². The zero-order chi connectivity index (χ0) is 20.5. The Balaban J connectivity index is 1.77. The predicted molar refractivity (Wildman–Crippen MR) is 107 cm³/mol. The first-order chi connectivity index (χ1) is 13.4. The standard InChI is InChI=1S/C20H36N4O4/c1-4-16(3)21-18(25)14-22-10-12-23(13-11-22)15-19(26)24-9-7-6-8-17(24)20(27)28-5-2/h16-17H,4-15H2,1-3H3,(H,21,25). The summed E-state index contributed by atoms with van der Waals surface area (Å²) in [7, 11) is 0. The average Bonchev–Trinajstić information content (AvgIpc) is 2.69. The van der Waals surface area contributed by atoms with Gasteiger partial charge in [0.15, 0.2) is 0 Å². The summed E-state index contributed by atoms with van der Waals surface area (Å²) in [5, 5.41) is 2.99. The lowest BCUT2D eigenvalue weighted by molar-refractivity contribution is -0.157. The van der Waals surface area contributed by atoms with Gasteiger partial charge in [-0.15, -0.1) is 0 Å². The van der Waals surface area contributed by atoms with E-state index in [1.807, 2.05) is 6.92 Å². The number of amides is 2. The molecule has 0 saturated carbocycles. The fraction of sp³-hybridized carbons (Fsp3) is 0.850. The molecule has 28 heavy (non-hydrogen) atoms. The Bertz CT molecular complexity index is 534. The van der Waals surface area contributed by atoms with Crippen LogP contribution in [0.25, 0.3) is 0 Å². The smallest absolute Gasteiger partial charge is 0.328 e. The monoisotopic (exact) mass is 396 g/mol. The highest BCUT2D eigenvalue weighted by atomic mass is 16.5. The van der Waals surface area contributed by atoms with Gasteiger partial charge in [0, 0.05) is 38.8 Å². The third kappa shape index (κ3) is 6.74. The van der Waals surface area contributed by atoms with Crippen LogP contribution in [-0.2, 0) is 19.1 Å². The second kappa shape index (κ2) is 11.4. The molecule has 0 bridgehead atoms. The summed E-state index contributed by atoms with van der Waals surface area (Å²) < 4.78 is 5.15. The molecule has 0 aromatic carbocycles. The molecule has 8 heteroatoms. The maximum atomic E-state index is 12.8. The van der Waals surface area contributed by atoms with Crippen LogP contribution >= 0.6 is 0 Å². The van der Waals surface area contributed by atoms with Crippen molar-refractivity contribution < 1.29 is 19.1 Å². The van der Waals surface area contributed by atoms with Crippen molar-refractivity contribution in [3.8, 4) is 0 Å². The third-order valence-electron chi connectivity index (χ3n) is 5.59. The summed E-state index contributed by atoms with van der Waals surface area (Å²) in [6, 6.07) is -0.241. The molecule has 2 rings (SSSR count). The van der Waals surface area contributed by atoms with E-state index in [1.165, 1.54) is 0 Å². The van der Waals surface area contributed by atoms with Crippen LogP contribution in [0.4, 0.5) is 0 Å². The zero-order valence-electron chi connectivity index (χ0n) is 17.6. The molecule has 160 valence electrons. The fourth-order valence-electron chi connectivity index (χ4n) is 3.73. The Kier molecular flexibility index (Phi) is 9.18. The van der Waals surface area contributed by atoms with Gasteiger partial charge in [-0.2, -0.15) is 0 Å². The molecular weight excluding hydrogens is 360 g/mol. The van der Waals surface area contributed by atoms with E-state index in [0.717, 1.165) is 45.4 Å². The number of hydrogen-bond acceptors (Lipinski definition) is 6. The summed E-state index contributed by atoms with van der Waals surface area (Å²) >= 11 is 0.